The monoisotopic (exact) mass is 339 g/mol. The van der Waals surface area contributed by atoms with Gasteiger partial charge in [-0.1, -0.05) is 6.07 Å². The van der Waals surface area contributed by atoms with E-state index in [2.05, 4.69) is 4.98 Å². The second-order valence-corrected chi connectivity index (χ2v) is 5.55. The van der Waals surface area contributed by atoms with Crippen LogP contribution in [-0.2, 0) is 6.18 Å². The average Bonchev–Trinajstić information content (AvgIpc) is 3.00. The number of rotatable bonds is 2. The molecule has 1 amide bonds. The number of aryl methyl sites for hydroxylation is 1. The third-order valence-electron chi connectivity index (χ3n) is 4.00. The molecule has 0 radical (unpaired) electrons. The average molecular weight is 339 g/mol. The van der Waals surface area contributed by atoms with Crippen molar-refractivity contribution in [2.24, 2.45) is 0 Å². The van der Waals surface area contributed by atoms with Crippen molar-refractivity contribution in [2.75, 3.05) is 31.1 Å². The fraction of sp³-hybridized carbons (Fsp3) is 0.375. The Balaban J connectivity index is 1.67. The highest BCUT2D eigenvalue weighted by Crippen LogP contribution is 2.29. The zero-order chi connectivity index (χ0) is 17.3. The van der Waals surface area contributed by atoms with Crippen LogP contribution in [0.2, 0.25) is 0 Å². The Morgan fingerprint density at radius 1 is 1.17 bits per heavy atom. The van der Waals surface area contributed by atoms with E-state index in [0.29, 0.717) is 37.5 Å². The van der Waals surface area contributed by atoms with Crippen LogP contribution in [0.5, 0.6) is 0 Å². The predicted molar refractivity (Wildman–Crippen MR) is 80.8 cm³/mol. The Kier molecular flexibility index (Phi) is 4.21. The number of amides is 1. The highest BCUT2D eigenvalue weighted by molar-refractivity contribution is 5.95. The maximum absolute atomic E-state index is 12.8. The van der Waals surface area contributed by atoms with Crippen molar-refractivity contribution in [3.63, 3.8) is 0 Å². The normalized spacial score (nSPS) is 15.7. The van der Waals surface area contributed by atoms with Gasteiger partial charge in [0.05, 0.1) is 11.8 Å². The summed E-state index contributed by atoms with van der Waals surface area (Å²) in [5.41, 5.74) is -0.395. The Bertz CT molecular complexity index is 734. The zero-order valence-electron chi connectivity index (χ0n) is 13.0. The summed E-state index contributed by atoms with van der Waals surface area (Å²) in [5, 5.41) is 0. The highest BCUT2D eigenvalue weighted by atomic mass is 19.4. The van der Waals surface area contributed by atoms with Crippen molar-refractivity contribution in [3.05, 3.63) is 47.5 Å². The van der Waals surface area contributed by atoms with Gasteiger partial charge in [-0.2, -0.15) is 13.2 Å². The van der Waals surface area contributed by atoms with Gasteiger partial charge in [0.2, 0.25) is 0 Å². The lowest BCUT2D eigenvalue weighted by molar-refractivity contribution is -0.141. The van der Waals surface area contributed by atoms with Gasteiger partial charge >= 0.3 is 6.18 Å². The molecule has 0 atom stereocenters. The largest absolute Gasteiger partial charge is 0.469 e. The fourth-order valence-corrected chi connectivity index (χ4v) is 2.67. The number of piperazine rings is 1. The first-order valence-electron chi connectivity index (χ1n) is 7.49. The number of anilines is 1. The van der Waals surface area contributed by atoms with E-state index in [1.54, 1.807) is 28.9 Å². The van der Waals surface area contributed by atoms with Crippen LogP contribution in [0.4, 0.5) is 19.0 Å². The lowest BCUT2D eigenvalue weighted by Crippen LogP contribution is -2.49. The van der Waals surface area contributed by atoms with Crippen molar-refractivity contribution < 1.29 is 22.4 Å². The summed E-state index contributed by atoms with van der Waals surface area (Å²) in [6.07, 6.45) is -3.00. The van der Waals surface area contributed by atoms with Gasteiger partial charge in [0.25, 0.3) is 5.91 Å². The van der Waals surface area contributed by atoms with Crippen LogP contribution >= 0.6 is 0 Å². The highest BCUT2D eigenvalue weighted by Gasteiger charge is 2.33. The molecule has 3 rings (SSSR count). The number of nitrogens with zero attached hydrogens (tertiary/aromatic N) is 3. The van der Waals surface area contributed by atoms with E-state index < -0.39 is 11.9 Å². The smallest absolute Gasteiger partial charge is 0.433 e. The Labute approximate surface area is 136 Å². The maximum atomic E-state index is 12.8. The third kappa shape index (κ3) is 3.22. The number of carbonyl (C=O) groups is 1. The summed E-state index contributed by atoms with van der Waals surface area (Å²) in [7, 11) is 0. The topological polar surface area (TPSA) is 49.6 Å². The Morgan fingerprint density at radius 2 is 1.88 bits per heavy atom. The van der Waals surface area contributed by atoms with Crippen LogP contribution in [0.3, 0.4) is 0 Å². The van der Waals surface area contributed by atoms with Gasteiger partial charge in [0, 0.05) is 26.2 Å². The molecule has 8 heteroatoms. The Morgan fingerprint density at radius 3 is 2.46 bits per heavy atom. The lowest BCUT2D eigenvalue weighted by atomic mass is 10.2. The van der Waals surface area contributed by atoms with Crippen molar-refractivity contribution in [1.29, 1.82) is 0 Å². The number of pyridine rings is 1. The molecule has 24 heavy (non-hydrogen) atoms. The number of halogens is 3. The van der Waals surface area contributed by atoms with Crippen LogP contribution in [0.15, 0.2) is 34.9 Å². The first-order chi connectivity index (χ1) is 11.4. The van der Waals surface area contributed by atoms with E-state index in [1.165, 1.54) is 12.3 Å². The fourth-order valence-electron chi connectivity index (χ4n) is 2.67. The standard InChI is InChI=1S/C16H16F3N3O2/c1-11-12(5-10-24-11)15(23)22-8-6-21(7-9-22)14-4-2-3-13(20-14)16(17,18)19/h2-5,10H,6-9H2,1H3. The molecule has 0 N–H and O–H groups in total. The van der Waals surface area contributed by atoms with Gasteiger partial charge in [-0.25, -0.2) is 4.98 Å². The minimum Gasteiger partial charge on any atom is -0.469 e. The van der Waals surface area contributed by atoms with Gasteiger partial charge < -0.3 is 14.2 Å². The van der Waals surface area contributed by atoms with Crippen LogP contribution in [0, 0.1) is 6.92 Å². The molecule has 1 aliphatic heterocycles. The zero-order valence-corrected chi connectivity index (χ0v) is 13.0. The number of hydrogen-bond acceptors (Lipinski definition) is 4. The van der Waals surface area contributed by atoms with Crippen LogP contribution in [0.25, 0.3) is 0 Å². The molecule has 0 spiro atoms. The summed E-state index contributed by atoms with van der Waals surface area (Å²) in [4.78, 5) is 19.5. The predicted octanol–water partition coefficient (Wildman–Crippen LogP) is 2.96. The summed E-state index contributed by atoms with van der Waals surface area (Å²) in [6.45, 7) is 3.41. The third-order valence-corrected chi connectivity index (χ3v) is 4.00. The second kappa shape index (κ2) is 6.18. The van der Waals surface area contributed by atoms with Crippen molar-refractivity contribution in [3.8, 4) is 0 Å². The van der Waals surface area contributed by atoms with Crippen molar-refractivity contribution in [2.45, 2.75) is 13.1 Å². The molecule has 5 nitrogen and oxygen atoms in total. The summed E-state index contributed by atoms with van der Waals surface area (Å²) in [5.74, 6) is 0.705. The number of aromatic nitrogens is 1. The van der Waals surface area contributed by atoms with E-state index in [1.807, 2.05) is 0 Å². The summed E-state index contributed by atoms with van der Waals surface area (Å²) < 4.78 is 43.4. The van der Waals surface area contributed by atoms with Gasteiger partial charge in [-0.15, -0.1) is 0 Å². The maximum Gasteiger partial charge on any atom is 0.433 e. The minimum absolute atomic E-state index is 0.127. The number of furan rings is 1. The van der Waals surface area contributed by atoms with Crippen LogP contribution in [-0.4, -0.2) is 42.0 Å². The van der Waals surface area contributed by atoms with E-state index in [0.717, 1.165) is 6.07 Å². The molecule has 0 bridgehead atoms. The molecule has 128 valence electrons. The number of carbonyl (C=O) groups excluding carboxylic acids is 1. The lowest BCUT2D eigenvalue weighted by Gasteiger charge is -2.35. The first kappa shape index (κ1) is 16.4. The molecule has 0 aliphatic carbocycles. The number of hydrogen-bond donors (Lipinski definition) is 0. The molecule has 1 saturated heterocycles. The van der Waals surface area contributed by atoms with Gasteiger partial charge in [-0.05, 0) is 25.1 Å². The van der Waals surface area contributed by atoms with E-state index >= 15 is 0 Å². The molecular weight excluding hydrogens is 323 g/mol. The van der Waals surface area contributed by atoms with Crippen LogP contribution in [0.1, 0.15) is 21.8 Å². The SMILES string of the molecule is Cc1occc1C(=O)N1CCN(c2cccc(C(F)(F)F)n2)CC1. The van der Waals surface area contributed by atoms with E-state index in [9.17, 15) is 18.0 Å². The molecular formula is C16H16F3N3O2. The molecule has 2 aromatic heterocycles. The molecule has 0 aromatic carbocycles. The van der Waals surface area contributed by atoms with Crippen molar-refractivity contribution >= 4 is 11.7 Å². The summed E-state index contributed by atoms with van der Waals surface area (Å²) in [6, 6.07) is 5.47. The molecule has 2 aromatic rings. The Hall–Kier alpha value is -2.51. The molecule has 0 unspecified atom stereocenters. The quantitative estimate of drug-likeness (QED) is 0.844. The van der Waals surface area contributed by atoms with E-state index in [4.69, 9.17) is 4.42 Å². The van der Waals surface area contributed by atoms with Crippen molar-refractivity contribution in [1.82, 2.24) is 9.88 Å². The molecule has 1 aliphatic rings. The second-order valence-electron chi connectivity index (χ2n) is 5.55. The molecule has 0 saturated carbocycles. The van der Waals surface area contributed by atoms with E-state index in [-0.39, 0.29) is 11.7 Å². The minimum atomic E-state index is -4.47. The molecule has 1 fully saturated rings. The molecule has 3 heterocycles. The van der Waals surface area contributed by atoms with Gasteiger partial charge in [-0.3, -0.25) is 4.79 Å². The number of alkyl halides is 3. The van der Waals surface area contributed by atoms with Gasteiger partial charge in [0.15, 0.2) is 0 Å². The van der Waals surface area contributed by atoms with Gasteiger partial charge in [0.1, 0.15) is 17.3 Å². The first-order valence-corrected chi connectivity index (χ1v) is 7.49. The summed E-state index contributed by atoms with van der Waals surface area (Å²) >= 11 is 0. The van der Waals surface area contributed by atoms with Crippen LogP contribution < -0.4 is 4.90 Å².